The van der Waals surface area contributed by atoms with E-state index in [-0.39, 0.29) is 12.2 Å². The Balaban J connectivity index is 1.59. The summed E-state index contributed by atoms with van der Waals surface area (Å²) in [5, 5.41) is 0. The molecule has 7 heteroatoms. The van der Waals surface area contributed by atoms with Gasteiger partial charge in [0.1, 0.15) is 6.10 Å². The lowest BCUT2D eigenvalue weighted by molar-refractivity contribution is 0.00578. The second-order valence-electron chi connectivity index (χ2n) is 8.59. The van der Waals surface area contributed by atoms with Gasteiger partial charge in [-0.3, -0.25) is 9.55 Å². The molecule has 0 unspecified atom stereocenters. The van der Waals surface area contributed by atoms with Crippen molar-refractivity contribution in [1.82, 2.24) is 9.55 Å². The molecule has 0 radical (unpaired) electrons. The van der Waals surface area contributed by atoms with E-state index >= 15 is 0 Å². The molecule has 0 spiro atoms. The minimum Gasteiger partial charge on any atom is -0.446 e. The molecule has 1 saturated heterocycles. The molecule has 2 aromatic rings. The summed E-state index contributed by atoms with van der Waals surface area (Å²) in [6.45, 7) is 8.07. The number of nitrogens with zero attached hydrogens (tertiary/aromatic N) is 2. The van der Waals surface area contributed by atoms with Crippen molar-refractivity contribution in [2.75, 3.05) is 0 Å². The fourth-order valence-electron chi connectivity index (χ4n) is 3.68. The Morgan fingerprint density at radius 2 is 1.85 bits per heavy atom. The zero-order chi connectivity index (χ0) is 19.2. The van der Waals surface area contributed by atoms with Gasteiger partial charge in [0.05, 0.1) is 22.2 Å². The largest absolute Gasteiger partial charge is 0.496 e. The maximum absolute atomic E-state index is 12.7. The third-order valence-corrected chi connectivity index (χ3v) is 6.10. The highest BCUT2D eigenvalue weighted by Crippen LogP contribution is 2.36. The Morgan fingerprint density at radius 3 is 2.52 bits per heavy atom. The first-order valence-corrected chi connectivity index (χ1v) is 9.80. The summed E-state index contributed by atoms with van der Waals surface area (Å²) in [7, 11) is -0.510. The minimum absolute atomic E-state index is 0.0166. The van der Waals surface area contributed by atoms with E-state index in [2.05, 4.69) is 4.98 Å². The summed E-state index contributed by atoms with van der Waals surface area (Å²) < 4.78 is 19.5. The van der Waals surface area contributed by atoms with E-state index in [1.807, 2.05) is 39.8 Å². The van der Waals surface area contributed by atoms with Gasteiger partial charge < -0.3 is 14.0 Å². The molecule has 0 aromatic carbocycles. The van der Waals surface area contributed by atoms with E-state index in [0.717, 1.165) is 36.7 Å². The number of aromatic nitrogens is 2. The van der Waals surface area contributed by atoms with Crippen LogP contribution in [0, 0.1) is 0 Å². The first kappa shape index (κ1) is 18.5. The van der Waals surface area contributed by atoms with Gasteiger partial charge in [-0.25, -0.2) is 4.79 Å². The van der Waals surface area contributed by atoms with Crippen LogP contribution in [0.2, 0.25) is 0 Å². The van der Waals surface area contributed by atoms with E-state index in [1.165, 1.54) is 11.0 Å². The fraction of sp³-hybridized carbons (Fsp3) is 0.600. The number of hydrogen-bond acceptors (Lipinski definition) is 5. The van der Waals surface area contributed by atoms with Gasteiger partial charge in [0, 0.05) is 17.9 Å². The van der Waals surface area contributed by atoms with Gasteiger partial charge in [-0.1, -0.05) is 6.42 Å². The molecule has 0 amide bonds. The second kappa shape index (κ2) is 6.64. The van der Waals surface area contributed by atoms with Crippen molar-refractivity contribution in [3.8, 4) is 0 Å². The molecule has 2 fully saturated rings. The molecule has 1 aliphatic carbocycles. The number of carbonyl (C=O) groups excluding carboxylic acids is 1. The second-order valence-corrected chi connectivity index (χ2v) is 8.59. The fourth-order valence-corrected chi connectivity index (χ4v) is 3.68. The lowest BCUT2D eigenvalue weighted by atomic mass is 9.80. The van der Waals surface area contributed by atoms with Crippen molar-refractivity contribution < 1.29 is 18.8 Å². The molecular weight excluding hydrogens is 343 g/mol. The van der Waals surface area contributed by atoms with Crippen LogP contribution in [0.25, 0.3) is 11.0 Å². The van der Waals surface area contributed by atoms with Crippen LogP contribution in [0.1, 0.15) is 59.8 Å². The predicted octanol–water partition coefficient (Wildman–Crippen LogP) is 3.65. The van der Waals surface area contributed by atoms with Gasteiger partial charge in [-0.15, -0.1) is 0 Å². The zero-order valence-electron chi connectivity index (χ0n) is 16.5. The molecule has 6 nitrogen and oxygen atoms in total. The number of carbonyl (C=O) groups is 1. The molecule has 27 heavy (non-hydrogen) atoms. The Bertz CT molecular complexity index is 839. The molecule has 2 aromatic heterocycles. The molecule has 0 N–H and O–H groups in total. The van der Waals surface area contributed by atoms with Crippen LogP contribution in [0.3, 0.4) is 0 Å². The Kier molecular flexibility index (Phi) is 4.55. The molecule has 4 rings (SSSR count). The molecule has 2 aliphatic rings. The molecule has 0 bridgehead atoms. The lowest BCUT2D eigenvalue weighted by Crippen LogP contribution is -2.41. The Hall–Kier alpha value is -1.86. The van der Waals surface area contributed by atoms with E-state index < -0.39 is 18.3 Å². The van der Waals surface area contributed by atoms with Crippen LogP contribution in [0.15, 0.2) is 24.5 Å². The van der Waals surface area contributed by atoms with E-state index in [9.17, 15) is 4.79 Å². The zero-order valence-corrected chi connectivity index (χ0v) is 16.5. The Morgan fingerprint density at radius 1 is 1.19 bits per heavy atom. The monoisotopic (exact) mass is 370 g/mol. The summed E-state index contributed by atoms with van der Waals surface area (Å²) in [4.78, 5) is 17.2. The van der Waals surface area contributed by atoms with Gasteiger partial charge >= 0.3 is 13.2 Å². The van der Waals surface area contributed by atoms with Gasteiger partial charge in [0.15, 0.2) is 0 Å². The van der Waals surface area contributed by atoms with Crippen molar-refractivity contribution in [2.45, 2.75) is 77.1 Å². The quantitative estimate of drug-likeness (QED) is 0.755. The molecular formula is C20H27BN2O4. The topological polar surface area (TPSA) is 62.6 Å². The SMILES string of the molecule is CC1(C)OB(c2cnc3ccn(C(=O)OC4CCCCC4)c3c2)OC1(C)C. The third kappa shape index (κ3) is 3.38. The maximum Gasteiger partial charge on any atom is 0.496 e. The van der Waals surface area contributed by atoms with Crippen LogP contribution < -0.4 is 5.46 Å². The molecule has 1 aliphatic heterocycles. The number of pyridine rings is 1. The van der Waals surface area contributed by atoms with Crippen molar-refractivity contribution in [3.05, 3.63) is 24.5 Å². The summed E-state index contributed by atoms with van der Waals surface area (Å²) in [5.41, 5.74) is 1.41. The highest BCUT2D eigenvalue weighted by atomic mass is 16.7. The molecule has 1 saturated carbocycles. The smallest absolute Gasteiger partial charge is 0.446 e. The van der Waals surface area contributed by atoms with Gasteiger partial charge in [-0.2, -0.15) is 0 Å². The van der Waals surface area contributed by atoms with Crippen LogP contribution in [0.4, 0.5) is 4.79 Å². The normalized spacial score (nSPS) is 22.3. The summed E-state index contributed by atoms with van der Waals surface area (Å²) in [5.74, 6) is 0. The lowest BCUT2D eigenvalue weighted by Gasteiger charge is -2.32. The third-order valence-electron chi connectivity index (χ3n) is 6.10. The van der Waals surface area contributed by atoms with Crippen LogP contribution in [0.5, 0.6) is 0 Å². The van der Waals surface area contributed by atoms with Crippen LogP contribution in [-0.4, -0.2) is 40.1 Å². The average molecular weight is 370 g/mol. The number of rotatable bonds is 2. The predicted molar refractivity (Wildman–Crippen MR) is 104 cm³/mol. The standard InChI is InChI=1S/C20H27BN2O4/c1-19(2)20(3,4)27-21(26-19)14-12-17-16(22-13-14)10-11-23(17)18(24)25-15-8-6-5-7-9-15/h10-13,15H,5-9H2,1-4H3. The van der Waals surface area contributed by atoms with Gasteiger partial charge in [0.25, 0.3) is 0 Å². The summed E-state index contributed by atoms with van der Waals surface area (Å²) in [6.07, 6.45) is 8.51. The Labute approximate surface area is 160 Å². The van der Waals surface area contributed by atoms with E-state index in [1.54, 1.807) is 12.4 Å². The number of fused-ring (bicyclic) bond motifs is 1. The van der Waals surface area contributed by atoms with Crippen molar-refractivity contribution in [1.29, 1.82) is 0 Å². The van der Waals surface area contributed by atoms with Gasteiger partial charge in [0.2, 0.25) is 0 Å². The molecule has 3 heterocycles. The highest BCUT2D eigenvalue weighted by Gasteiger charge is 2.51. The van der Waals surface area contributed by atoms with Crippen molar-refractivity contribution in [3.63, 3.8) is 0 Å². The number of hydrogen-bond donors (Lipinski definition) is 0. The maximum atomic E-state index is 12.7. The highest BCUT2D eigenvalue weighted by molar-refractivity contribution is 6.62. The van der Waals surface area contributed by atoms with Crippen LogP contribution >= 0.6 is 0 Å². The number of ether oxygens (including phenoxy) is 1. The van der Waals surface area contributed by atoms with Crippen molar-refractivity contribution >= 4 is 29.7 Å². The molecule has 144 valence electrons. The minimum atomic E-state index is -0.510. The first-order chi connectivity index (χ1) is 12.8. The molecule has 0 atom stereocenters. The first-order valence-electron chi connectivity index (χ1n) is 9.80. The van der Waals surface area contributed by atoms with E-state index in [0.29, 0.717) is 5.52 Å². The van der Waals surface area contributed by atoms with Gasteiger partial charge in [-0.05, 0) is 65.5 Å². The summed E-state index contributed by atoms with van der Waals surface area (Å²) >= 11 is 0. The van der Waals surface area contributed by atoms with Crippen molar-refractivity contribution in [2.24, 2.45) is 0 Å². The van der Waals surface area contributed by atoms with Crippen LogP contribution in [-0.2, 0) is 14.0 Å². The van der Waals surface area contributed by atoms with E-state index in [4.69, 9.17) is 14.0 Å². The average Bonchev–Trinajstić information content (AvgIpc) is 3.13. The summed E-state index contributed by atoms with van der Waals surface area (Å²) in [6, 6.07) is 3.73.